The summed E-state index contributed by atoms with van der Waals surface area (Å²) >= 11 is 0. The van der Waals surface area contributed by atoms with Crippen molar-refractivity contribution in [2.24, 2.45) is 5.73 Å². The van der Waals surface area contributed by atoms with Crippen LogP contribution < -0.4 is 10.5 Å². The van der Waals surface area contributed by atoms with E-state index >= 15 is 0 Å². The Bertz CT molecular complexity index is 599. The van der Waals surface area contributed by atoms with E-state index in [4.69, 9.17) is 15.7 Å². The predicted molar refractivity (Wildman–Crippen MR) is 79.2 cm³/mol. The van der Waals surface area contributed by atoms with Gasteiger partial charge in [0.15, 0.2) is 0 Å². The summed E-state index contributed by atoms with van der Waals surface area (Å²) in [5, 5.41) is 8.85. The highest BCUT2D eigenvalue weighted by atomic mass is 16.5. The van der Waals surface area contributed by atoms with E-state index in [0.29, 0.717) is 12.2 Å². The van der Waals surface area contributed by atoms with E-state index in [1.807, 2.05) is 42.5 Å². The molecule has 0 spiro atoms. The number of hydrogen-bond donors (Lipinski definition) is 1. The summed E-state index contributed by atoms with van der Waals surface area (Å²) < 4.78 is 5.71. The SMILES string of the molecule is CC[C@H](N)c1ccc(OCc2cccc(C#N)c2)cc1. The van der Waals surface area contributed by atoms with Gasteiger partial charge in [0.1, 0.15) is 12.4 Å². The highest BCUT2D eigenvalue weighted by Gasteiger charge is 2.03. The van der Waals surface area contributed by atoms with Crippen molar-refractivity contribution >= 4 is 0 Å². The third kappa shape index (κ3) is 3.59. The molecule has 0 heterocycles. The fourth-order valence-electron chi connectivity index (χ4n) is 1.94. The Hall–Kier alpha value is -2.31. The van der Waals surface area contributed by atoms with Crippen LogP contribution in [0, 0.1) is 11.3 Å². The van der Waals surface area contributed by atoms with Gasteiger partial charge in [0.25, 0.3) is 0 Å². The molecule has 0 radical (unpaired) electrons. The maximum Gasteiger partial charge on any atom is 0.119 e. The number of nitrogens with zero attached hydrogens (tertiary/aromatic N) is 1. The van der Waals surface area contributed by atoms with Gasteiger partial charge in [-0.1, -0.05) is 31.2 Å². The van der Waals surface area contributed by atoms with Crippen LogP contribution in [-0.2, 0) is 6.61 Å². The lowest BCUT2D eigenvalue weighted by Crippen LogP contribution is -2.08. The fourth-order valence-corrected chi connectivity index (χ4v) is 1.94. The quantitative estimate of drug-likeness (QED) is 0.900. The Morgan fingerprint density at radius 3 is 2.60 bits per heavy atom. The van der Waals surface area contributed by atoms with Gasteiger partial charge in [0.05, 0.1) is 11.6 Å². The molecular formula is C17H18N2O. The van der Waals surface area contributed by atoms with Gasteiger partial charge in [-0.15, -0.1) is 0 Å². The van der Waals surface area contributed by atoms with Crippen LogP contribution in [-0.4, -0.2) is 0 Å². The molecule has 3 nitrogen and oxygen atoms in total. The first kappa shape index (κ1) is 14.1. The number of rotatable bonds is 5. The summed E-state index contributed by atoms with van der Waals surface area (Å²) in [4.78, 5) is 0. The lowest BCUT2D eigenvalue weighted by Gasteiger charge is -2.11. The molecule has 2 N–H and O–H groups in total. The van der Waals surface area contributed by atoms with Gasteiger partial charge in [-0.05, 0) is 41.8 Å². The molecule has 2 aromatic carbocycles. The molecule has 0 aromatic heterocycles. The van der Waals surface area contributed by atoms with E-state index in [-0.39, 0.29) is 6.04 Å². The predicted octanol–water partition coefficient (Wildman–Crippen LogP) is 3.55. The minimum atomic E-state index is 0.0800. The third-order valence-electron chi connectivity index (χ3n) is 3.21. The molecule has 3 heteroatoms. The normalized spacial score (nSPS) is 11.7. The number of hydrogen-bond acceptors (Lipinski definition) is 3. The van der Waals surface area contributed by atoms with Gasteiger partial charge in [-0.2, -0.15) is 5.26 Å². The van der Waals surface area contributed by atoms with Crippen molar-refractivity contribution in [3.05, 3.63) is 65.2 Å². The minimum Gasteiger partial charge on any atom is -0.489 e. The third-order valence-corrected chi connectivity index (χ3v) is 3.21. The second kappa shape index (κ2) is 6.74. The van der Waals surface area contributed by atoms with Gasteiger partial charge < -0.3 is 10.5 Å². The molecule has 0 saturated heterocycles. The van der Waals surface area contributed by atoms with Crippen LogP contribution in [0.4, 0.5) is 0 Å². The van der Waals surface area contributed by atoms with Crippen LogP contribution in [0.15, 0.2) is 48.5 Å². The van der Waals surface area contributed by atoms with Crippen LogP contribution in [0.5, 0.6) is 5.75 Å². The molecule has 0 aliphatic carbocycles. The second-order valence-electron chi connectivity index (χ2n) is 4.68. The Morgan fingerprint density at radius 1 is 1.20 bits per heavy atom. The standard InChI is InChI=1S/C17H18N2O/c1-2-17(19)15-6-8-16(9-7-15)20-12-14-5-3-4-13(10-14)11-18/h3-10,17H,2,12,19H2,1H3/t17-/m0/s1. The van der Waals surface area contributed by atoms with Gasteiger partial charge in [-0.3, -0.25) is 0 Å². The van der Waals surface area contributed by atoms with Crippen molar-refractivity contribution < 1.29 is 4.74 Å². The van der Waals surface area contributed by atoms with E-state index in [2.05, 4.69) is 13.0 Å². The van der Waals surface area contributed by atoms with Gasteiger partial charge >= 0.3 is 0 Å². The first-order chi connectivity index (χ1) is 9.72. The van der Waals surface area contributed by atoms with Crippen molar-refractivity contribution in [2.45, 2.75) is 26.0 Å². The fraction of sp³-hybridized carbons (Fsp3) is 0.235. The Kier molecular flexibility index (Phi) is 4.75. The Balaban J connectivity index is 1.98. The zero-order valence-corrected chi connectivity index (χ0v) is 11.5. The molecule has 102 valence electrons. The summed E-state index contributed by atoms with van der Waals surface area (Å²) in [5.74, 6) is 0.805. The molecule has 0 saturated carbocycles. The van der Waals surface area contributed by atoms with Crippen molar-refractivity contribution in [1.29, 1.82) is 5.26 Å². The largest absolute Gasteiger partial charge is 0.489 e. The van der Waals surface area contributed by atoms with Crippen LogP contribution in [0.3, 0.4) is 0 Å². The van der Waals surface area contributed by atoms with Crippen molar-refractivity contribution in [2.75, 3.05) is 0 Å². The summed E-state index contributed by atoms with van der Waals surface area (Å²) in [5.41, 5.74) is 8.72. The molecule has 0 aliphatic rings. The van der Waals surface area contributed by atoms with E-state index in [1.165, 1.54) is 0 Å². The van der Waals surface area contributed by atoms with Crippen LogP contribution in [0.25, 0.3) is 0 Å². The number of benzene rings is 2. The number of nitriles is 1. The first-order valence-corrected chi connectivity index (χ1v) is 6.70. The molecule has 1 atom stereocenters. The molecule has 0 bridgehead atoms. The van der Waals surface area contributed by atoms with E-state index in [1.54, 1.807) is 6.07 Å². The van der Waals surface area contributed by atoms with Crippen molar-refractivity contribution in [3.8, 4) is 11.8 Å². The van der Waals surface area contributed by atoms with Crippen LogP contribution in [0.2, 0.25) is 0 Å². The average Bonchev–Trinajstić information content (AvgIpc) is 2.53. The van der Waals surface area contributed by atoms with Crippen LogP contribution in [0.1, 0.15) is 36.1 Å². The zero-order chi connectivity index (χ0) is 14.4. The smallest absolute Gasteiger partial charge is 0.119 e. The number of nitrogens with two attached hydrogens (primary N) is 1. The summed E-state index contributed by atoms with van der Waals surface area (Å²) in [6.45, 7) is 2.52. The van der Waals surface area contributed by atoms with E-state index < -0.39 is 0 Å². The molecule has 0 amide bonds. The van der Waals surface area contributed by atoms with Crippen molar-refractivity contribution in [1.82, 2.24) is 0 Å². The van der Waals surface area contributed by atoms with Crippen molar-refractivity contribution in [3.63, 3.8) is 0 Å². The van der Waals surface area contributed by atoms with Gasteiger partial charge in [0, 0.05) is 6.04 Å². The molecule has 0 unspecified atom stereocenters. The second-order valence-corrected chi connectivity index (χ2v) is 4.68. The maximum absolute atomic E-state index is 8.85. The van der Waals surface area contributed by atoms with E-state index in [9.17, 15) is 0 Å². The Morgan fingerprint density at radius 2 is 1.95 bits per heavy atom. The topological polar surface area (TPSA) is 59.0 Å². The molecule has 2 rings (SSSR count). The number of ether oxygens (including phenoxy) is 1. The summed E-state index contributed by atoms with van der Waals surface area (Å²) in [7, 11) is 0. The lowest BCUT2D eigenvalue weighted by atomic mass is 10.1. The molecule has 0 aliphatic heterocycles. The monoisotopic (exact) mass is 266 g/mol. The molecule has 0 fully saturated rings. The van der Waals surface area contributed by atoms with Gasteiger partial charge in [-0.25, -0.2) is 0 Å². The maximum atomic E-state index is 8.85. The van der Waals surface area contributed by atoms with E-state index in [0.717, 1.165) is 23.3 Å². The average molecular weight is 266 g/mol. The molecule has 2 aromatic rings. The zero-order valence-electron chi connectivity index (χ0n) is 11.5. The Labute approximate surface area is 119 Å². The minimum absolute atomic E-state index is 0.0800. The van der Waals surface area contributed by atoms with Crippen LogP contribution >= 0.6 is 0 Å². The lowest BCUT2D eigenvalue weighted by molar-refractivity contribution is 0.306. The molecular weight excluding hydrogens is 248 g/mol. The van der Waals surface area contributed by atoms with Gasteiger partial charge in [0.2, 0.25) is 0 Å². The first-order valence-electron chi connectivity index (χ1n) is 6.70. The molecule has 20 heavy (non-hydrogen) atoms. The highest BCUT2D eigenvalue weighted by molar-refractivity contribution is 5.33. The highest BCUT2D eigenvalue weighted by Crippen LogP contribution is 2.19. The summed E-state index contributed by atoms with van der Waals surface area (Å²) in [6.07, 6.45) is 0.918. The summed E-state index contributed by atoms with van der Waals surface area (Å²) in [6, 6.07) is 17.5.